The van der Waals surface area contributed by atoms with Crippen molar-refractivity contribution in [3.63, 3.8) is 0 Å². The maximum atomic E-state index is 5.79. The number of anilines is 1. The van der Waals surface area contributed by atoms with Crippen LogP contribution in [0, 0.1) is 0 Å². The summed E-state index contributed by atoms with van der Waals surface area (Å²) in [4.78, 5) is 4.53. The van der Waals surface area contributed by atoms with E-state index in [1.165, 1.54) is 0 Å². The zero-order chi connectivity index (χ0) is 13.9. The van der Waals surface area contributed by atoms with E-state index in [9.17, 15) is 0 Å². The molecule has 1 atom stereocenters. The highest BCUT2D eigenvalue weighted by molar-refractivity contribution is 8.13. The zero-order valence-corrected chi connectivity index (χ0v) is 12.3. The van der Waals surface area contributed by atoms with Crippen molar-refractivity contribution >= 4 is 34.3 Å². The Morgan fingerprint density at radius 3 is 3.00 bits per heavy atom. The standard InChI is InChI=1S/C14H16N4OS/c1-3-8-20-14-18-17-12-10-6-4-5-7-11(10)15-9(2)16-13(12)19-14/h4-7,9,15H,3,8H2,1-2H3. The van der Waals surface area contributed by atoms with Crippen molar-refractivity contribution in [2.24, 2.45) is 15.2 Å². The van der Waals surface area contributed by atoms with E-state index in [-0.39, 0.29) is 6.17 Å². The maximum Gasteiger partial charge on any atom is 0.276 e. The molecule has 2 aliphatic rings. The average molecular weight is 288 g/mol. The number of fused-ring (bicyclic) bond motifs is 3. The van der Waals surface area contributed by atoms with Gasteiger partial charge in [-0.2, -0.15) is 0 Å². The number of hydrogen-bond acceptors (Lipinski definition) is 6. The van der Waals surface area contributed by atoms with Crippen LogP contribution in [0.15, 0.2) is 39.5 Å². The molecule has 5 nitrogen and oxygen atoms in total. The second kappa shape index (κ2) is 5.66. The van der Waals surface area contributed by atoms with E-state index in [2.05, 4.69) is 27.4 Å². The molecule has 1 aromatic rings. The van der Waals surface area contributed by atoms with Crippen molar-refractivity contribution in [2.45, 2.75) is 26.4 Å². The molecule has 0 amide bonds. The molecule has 1 aromatic carbocycles. The first-order valence-electron chi connectivity index (χ1n) is 6.68. The summed E-state index contributed by atoms with van der Waals surface area (Å²) in [7, 11) is 0. The van der Waals surface area contributed by atoms with Crippen LogP contribution in [0.2, 0.25) is 0 Å². The summed E-state index contributed by atoms with van der Waals surface area (Å²) in [6.45, 7) is 4.11. The van der Waals surface area contributed by atoms with Gasteiger partial charge in [0.25, 0.3) is 5.23 Å². The van der Waals surface area contributed by atoms with E-state index in [1.807, 2.05) is 31.2 Å². The summed E-state index contributed by atoms with van der Waals surface area (Å²) in [6, 6.07) is 7.97. The van der Waals surface area contributed by atoms with Crippen LogP contribution in [0.25, 0.3) is 0 Å². The first-order valence-corrected chi connectivity index (χ1v) is 7.67. The van der Waals surface area contributed by atoms with Crippen molar-refractivity contribution in [3.05, 3.63) is 29.8 Å². The van der Waals surface area contributed by atoms with Gasteiger partial charge in [0.05, 0.1) is 0 Å². The highest BCUT2D eigenvalue weighted by Gasteiger charge is 2.26. The lowest BCUT2D eigenvalue weighted by molar-refractivity contribution is 0.554. The highest BCUT2D eigenvalue weighted by Crippen LogP contribution is 2.24. The number of hydrogen-bond donors (Lipinski definition) is 1. The molecule has 2 heterocycles. The molecule has 0 spiro atoms. The van der Waals surface area contributed by atoms with Gasteiger partial charge in [-0.25, -0.2) is 4.99 Å². The van der Waals surface area contributed by atoms with Crippen LogP contribution in [0.5, 0.6) is 0 Å². The maximum absolute atomic E-state index is 5.79. The van der Waals surface area contributed by atoms with Crippen LogP contribution in [-0.2, 0) is 4.74 Å². The molecule has 0 aromatic heterocycles. The first-order chi connectivity index (χ1) is 9.78. The number of aliphatic imine (C=N–C) groups is 1. The Morgan fingerprint density at radius 1 is 1.30 bits per heavy atom. The number of rotatable bonds is 2. The SMILES string of the molecule is CCCSC1=NN=C2C(=NC(C)Nc3ccccc32)O1. The van der Waals surface area contributed by atoms with Crippen LogP contribution in [0.1, 0.15) is 25.8 Å². The van der Waals surface area contributed by atoms with Gasteiger partial charge in [-0.1, -0.05) is 36.9 Å². The van der Waals surface area contributed by atoms with Gasteiger partial charge in [-0.05, 0) is 19.4 Å². The lowest BCUT2D eigenvalue weighted by atomic mass is 10.1. The minimum atomic E-state index is -0.0608. The predicted octanol–water partition coefficient (Wildman–Crippen LogP) is 3.09. The second-order valence-corrected chi connectivity index (χ2v) is 5.61. The molecule has 0 saturated carbocycles. The lowest BCUT2D eigenvalue weighted by Crippen LogP contribution is -2.25. The summed E-state index contributed by atoms with van der Waals surface area (Å²) in [5.74, 6) is 1.50. The molecule has 6 heteroatoms. The Bertz CT molecular complexity index is 609. The van der Waals surface area contributed by atoms with Gasteiger partial charge in [-0.15, -0.1) is 10.2 Å². The van der Waals surface area contributed by atoms with Gasteiger partial charge < -0.3 is 10.1 Å². The molecule has 0 radical (unpaired) electrons. The smallest absolute Gasteiger partial charge is 0.276 e. The Morgan fingerprint density at radius 2 is 2.15 bits per heavy atom. The summed E-state index contributed by atoms with van der Waals surface area (Å²) in [5, 5.41) is 12.4. The minimum absolute atomic E-state index is 0.0608. The van der Waals surface area contributed by atoms with Crippen LogP contribution < -0.4 is 5.32 Å². The van der Waals surface area contributed by atoms with Gasteiger partial charge in [-0.3, -0.25) is 0 Å². The summed E-state index contributed by atoms with van der Waals surface area (Å²) < 4.78 is 5.79. The monoisotopic (exact) mass is 288 g/mol. The molecule has 0 bridgehead atoms. The van der Waals surface area contributed by atoms with Gasteiger partial charge in [0.2, 0.25) is 5.90 Å². The van der Waals surface area contributed by atoms with Crippen LogP contribution in [-0.4, -0.2) is 28.8 Å². The van der Waals surface area contributed by atoms with E-state index >= 15 is 0 Å². The number of ether oxygens (including phenoxy) is 1. The van der Waals surface area contributed by atoms with E-state index < -0.39 is 0 Å². The third kappa shape index (κ3) is 2.56. The summed E-state index contributed by atoms with van der Waals surface area (Å²) in [5.41, 5.74) is 2.66. The van der Waals surface area contributed by atoms with Crippen LogP contribution >= 0.6 is 11.8 Å². The van der Waals surface area contributed by atoms with E-state index in [0.717, 1.165) is 23.4 Å². The van der Waals surface area contributed by atoms with Crippen molar-refractivity contribution in [2.75, 3.05) is 11.1 Å². The Balaban J connectivity index is 1.99. The average Bonchev–Trinajstić information content (AvgIpc) is 2.59. The topological polar surface area (TPSA) is 58.3 Å². The quantitative estimate of drug-likeness (QED) is 0.909. The molecule has 20 heavy (non-hydrogen) atoms. The second-order valence-electron chi connectivity index (χ2n) is 4.57. The summed E-state index contributed by atoms with van der Waals surface area (Å²) >= 11 is 1.56. The van der Waals surface area contributed by atoms with Crippen molar-refractivity contribution in [1.29, 1.82) is 0 Å². The third-order valence-corrected chi connectivity index (χ3v) is 3.93. The number of benzene rings is 1. The molecular weight excluding hydrogens is 272 g/mol. The molecule has 0 fully saturated rings. The number of nitrogens with zero attached hydrogens (tertiary/aromatic N) is 3. The minimum Gasteiger partial charge on any atom is -0.411 e. The fourth-order valence-corrected chi connectivity index (χ4v) is 2.65. The summed E-state index contributed by atoms with van der Waals surface area (Å²) in [6.07, 6.45) is 1.01. The molecule has 2 aliphatic heterocycles. The fourth-order valence-electron chi connectivity index (χ4n) is 2.04. The normalized spacial score (nSPS) is 20.3. The molecule has 1 N–H and O–H groups in total. The Labute approximate surface area is 122 Å². The fraction of sp³-hybridized carbons (Fsp3) is 0.357. The number of nitrogens with one attached hydrogen (secondary N) is 1. The van der Waals surface area contributed by atoms with Crippen molar-refractivity contribution < 1.29 is 4.74 Å². The van der Waals surface area contributed by atoms with Gasteiger partial charge >= 0.3 is 0 Å². The largest absolute Gasteiger partial charge is 0.411 e. The molecule has 104 valence electrons. The van der Waals surface area contributed by atoms with Crippen molar-refractivity contribution in [3.8, 4) is 0 Å². The molecule has 1 unspecified atom stereocenters. The van der Waals surface area contributed by atoms with Crippen LogP contribution in [0.4, 0.5) is 5.69 Å². The Hall–Kier alpha value is -1.82. The molecule has 0 aliphatic carbocycles. The van der Waals surface area contributed by atoms with Crippen LogP contribution in [0.3, 0.4) is 0 Å². The zero-order valence-electron chi connectivity index (χ0n) is 11.5. The van der Waals surface area contributed by atoms with E-state index in [4.69, 9.17) is 4.74 Å². The van der Waals surface area contributed by atoms with Gasteiger partial charge in [0, 0.05) is 17.0 Å². The predicted molar refractivity (Wildman–Crippen MR) is 84.8 cm³/mol. The molecule has 3 rings (SSSR count). The van der Waals surface area contributed by atoms with Crippen molar-refractivity contribution in [1.82, 2.24) is 0 Å². The van der Waals surface area contributed by atoms with Gasteiger partial charge in [0.1, 0.15) is 6.17 Å². The number of thioether (sulfide) groups is 1. The number of para-hydroxylation sites is 1. The molecular formula is C14H16N4OS. The van der Waals surface area contributed by atoms with E-state index in [0.29, 0.717) is 16.8 Å². The van der Waals surface area contributed by atoms with Gasteiger partial charge in [0.15, 0.2) is 5.71 Å². The van der Waals surface area contributed by atoms with E-state index in [1.54, 1.807) is 11.8 Å². The first kappa shape index (κ1) is 13.2. The Kier molecular flexibility index (Phi) is 3.73. The molecule has 0 saturated heterocycles. The lowest BCUT2D eigenvalue weighted by Gasteiger charge is -2.14. The highest BCUT2D eigenvalue weighted by atomic mass is 32.2. The third-order valence-electron chi connectivity index (χ3n) is 2.91.